The monoisotopic (exact) mass is 505 g/mol. The van der Waals surface area contributed by atoms with Crippen molar-refractivity contribution in [2.45, 2.75) is 29.3 Å². The molecule has 0 aromatic carbocycles. The second-order valence-electron chi connectivity index (χ2n) is 6.50. The summed E-state index contributed by atoms with van der Waals surface area (Å²) in [5, 5.41) is 13.8. The van der Waals surface area contributed by atoms with Gasteiger partial charge in [-0.3, -0.25) is 19.3 Å². The summed E-state index contributed by atoms with van der Waals surface area (Å²) in [7, 11) is 1.29. The molecular formula is C15H16BrN5O6S2. The van der Waals surface area contributed by atoms with Crippen LogP contribution in [0.5, 0.6) is 0 Å². The highest BCUT2D eigenvalue weighted by Gasteiger charge is 2.84. The number of hydrogen-bond acceptors (Lipinski definition) is 9. The fourth-order valence-corrected chi connectivity index (χ4v) is 7.18. The highest BCUT2D eigenvalue weighted by atomic mass is 79.9. The molecule has 2 saturated heterocycles. The van der Waals surface area contributed by atoms with E-state index in [4.69, 9.17) is 10.6 Å². The Hall–Kier alpha value is -1.71. The number of hydroxylamine groups is 2. The van der Waals surface area contributed by atoms with Crippen molar-refractivity contribution in [3.05, 3.63) is 22.3 Å². The van der Waals surface area contributed by atoms with Gasteiger partial charge in [0, 0.05) is 27.5 Å². The van der Waals surface area contributed by atoms with Crippen LogP contribution in [0, 0.1) is 0 Å². The maximum Gasteiger partial charge on any atom is 0.352 e. The standard InChI is InChI=1S/C15H16BrN5O6S2/c1-27-21-10-7(2-3-16)9(11(23)24)20-12(25)15(21,13(20)29(10)26)19-8(22)4-6-5-28-14(17)18-6/h5,10,13H,2-4H2,1H3,(H2,17,18)(H,19,22)(H,23,24)/t10?,13-,15-,29-/m1/s1. The summed E-state index contributed by atoms with van der Waals surface area (Å²) in [6.45, 7) is 0. The second kappa shape index (κ2) is 7.21. The second-order valence-corrected chi connectivity index (χ2v) is 9.74. The first-order valence-electron chi connectivity index (χ1n) is 8.37. The van der Waals surface area contributed by atoms with Crippen LogP contribution in [0.1, 0.15) is 12.1 Å². The molecule has 1 aromatic heterocycles. The lowest BCUT2D eigenvalue weighted by Gasteiger charge is -2.50. The lowest BCUT2D eigenvalue weighted by Crippen LogP contribution is -2.83. The summed E-state index contributed by atoms with van der Waals surface area (Å²) in [6.07, 6.45) is 0.105. The average Bonchev–Trinajstić information content (AvgIpc) is 3.09. The van der Waals surface area contributed by atoms with Gasteiger partial charge in [0.25, 0.3) is 11.6 Å². The molecule has 1 unspecified atom stereocenters. The van der Waals surface area contributed by atoms with Crippen LogP contribution in [-0.4, -0.2) is 71.2 Å². The van der Waals surface area contributed by atoms with Gasteiger partial charge >= 0.3 is 5.97 Å². The van der Waals surface area contributed by atoms with Gasteiger partial charge in [0.2, 0.25) is 16.7 Å². The molecule has 4 heterocycles. The summed E-state index contributed by atoms with van der Waals surface area (Å²) < 4.78 is 13.1. The molecule has 156 valence electrons. The number of aromatic nitrogens is 1. The third-order valence-corrected chi connectivity index (χ3v) is 8.01. The number of alkyl halides is 1. The number of nitrogen functional groups attached to an aromatic ring is 1. The molecule has 4 atom stereocenters. The van der Waals surface area contributed by atoms with Gasteiger partial charge in [-0.2, -0.15) is 0 Å². The summed E-state index contributed by atoms with van der Waals surface area (Å²) >= 11 is 2.74. The minimum absolute atomic E-state index is 0.141. The molecule has 1 aromatic rings. The van der Waals surface area contributed by atoms with Gasteiger partial charge in [-0.1, -0.05) is 21.0 Å². The van der Waals surface area contributed by atoms with E-state index in [1.165, 1.54) is 18.4 Å². The van der Waals surface area contributed by atoms with E-state index in [0.717, 1.165) is 9.96 Å². The number of thiazole rings is 1. The predicted octanol–water partition coefficient (Wildman–Crippen LogP) is -0.662. The molecule has 3 aliphatic heterocycles. The third kappa shape index (κ3) is 2.74. The number of carbonyl (C=O) groups is 3. The Balaban J connectivity index is 1.71. The van der Waals surface area contributed by atoms with Gasteiger partial charge in [-0.15, -0.1) is 11.3 Å². The van der Waals surface area contributed by atoms with Gasteiger partial charge in [0.05, 0.1) is 19.2 Å². The van der Waals surface area contributed by atoms with Crippen LogP contribution in [0.15, 0.2) is 16.7 Å². The summed E-state index contributed by atoms with van der Waals surface area (Å²) in [6, 6.07) is 0. The first-order chi connectivity index (χ1) is 13.8. The lowest BCUT2D eigenvalue weighted by molar-refractivity contribution is -0.234. The first-order valence-corrected chi connectivity index (χ1v) is 11.6. The SMILES string of the molecule is CON1C2C(CCBr)=C(C(=O)O)N3C(=O)[C@]1(NC(=O)Cc1csc(N)n1)[C@H]3[S@+]2[O-]. The molecule has 4 rings (SSSR count). The average molecular weight is 506 g/mol. The Morgan fingerprint density at radius 1 is 1.59 bits per heavy atom. The first kappa shape index (κ1) is 20.6. The summed E-state index contributed by atoms with van der Waals surface area (Å²) in [4.78, 5) is 48.0. The Morgan fingerprint density at radius 2 is 2.31 bits per heavy atom. The van der Waals surface area contributed by atoms with Crippen LogP contribution < -0.4 is 11.1 Å². The number of nitrogens with zero attached hydrogens (tertiary/aromatic N) is 3. The number of carboxylic acids is 1. The lowest BCUT2D eigenvalue weighted by atomic mass is 9.96. The van der Waals surface area contributed by atoms with E-state index in [9.17, 15) is 24.0 Å². The van der Waals surface area contributed by atoms with E-state index in [-0.39, 0.29) is 18.5 Å². The van der Waals surface area contributed by atoms with Crippen LogP contribution in [0.4, 0.5) is 5.13 Å². The molecule has 4 N–H and O–H groups in total. The maximum atomic E-state index is 13.1. The van der Waals surface area contributed by atoms with Gasteiger partial charge in [0.15, 0.2) is 5.13 Å². The summed E-state index contributed by atoms with van der Waals surface area (Å²) in [5.74, 6) is -2.54. The highest BCUT2D eigenvalue weighted by Crippen LogP contribution is 2.55. The van der Waals surface area contributed by atoms with Crippen molar-refractivity contribution < 1.29 is 28.9 Å². The van der Waals surface area contributed by atoms with Crippen LogP contribution in [0.3, 0.4) is 0 Å². The fourth-order valence-electron chi connectivity index (χ4n) is 3.98. The van der Waals surface area contributed by atoms with E-state index in [1.807, 2.05) is 0 Å². The zero-order chi connectivity index (χ0) is 21.1. The number of amides is 2. The Bertz CT molecular complexity index is 940. The number of nitrogens with two attached hydrogens (primary N) is 1. The number of β-lactam (4-membered cyclic amide) rings is 1. The number of anilines is 1. The van der Waals surface area contributed by atoms with Gasteiger partial charge in [-0.25, -0.2) is 9.78 Å². The molecule has 14 heteroatoms. The van der Waals surface area contributed by atoms with Crippen LogP contribution >= 0.6 is 27.3 Å². The van der Waals surface area contributed by atoms with Crippen molar-refractivity contribution in [3.8, 4) is 0 Å². The van der Waals surface area contributed by atoms with Crippen LogP contribution in [0.25, 0.3) is 0 Å². The normalized spacial score (nSPS) is 30.5. The molecule has 0 saturated carbocycles. The number of carboxylic acid groups (broad SMARTS) is 1. The van der Waals surface area contributed by atoms with Crippen molar-refractivity contribution in [1.82, 2.24) is 20.3 Å². The molecule has 2 fully saturated rings. The fraction of sp³-hybridized carbons (Fsp3) is 0.467. The number of carbonyl (C=O) groups excluding carboxylic acids is 2. The third-order valence-electron chi connectivity index (χ3n) is 4.98. The Labute approximate surface area is 180 Å². The van der Waals surface area contributed by atoms with Crippen molar-refractivity contribution in [2.24, 2.45) is 0 Å². The zero-order valence-corrected chi connectivity index (χ0v) is 18.2. The van der Waals surface area contributed by atoms with Crippen molar-refractivity contribution in [1.29, 1.82) is 0 Å². The van der Waals surface area contributed by atoms with E-state index >= 15 is 0 Å². The Kier molecular flexibility index (Phi) is 5.11. The predicted molar refractivity (Wildman–Crippen MR) is 106 cm³/mol. The van der Waals surface area contributed by atoms with E-state index in [0.29, 0.717) is 21.7 Å². The maximum absolute atomic E-state index is 13.1. The van der Waals surface area contributed by atoms with Crippen molar-refractivity contribution in [2.75, 3.05) is 18.2 Å². The van der Waals surface area contributed by atoms with Crippen molar-refractivity contribution >= 4 is 61.4 Å². The molecule has 0 spiro atoms. The van der Waals surface area contributed by atoms with E-state index in [1.54, 1.807) is 5.38 Å². The van der Waals surface area contributed by atoms with Gasteiger partial charge in [-0.05, 0) is 6.42 Å². The molecule has 2 amide bonds. The van der Waals surface area contributed by atoms with Gasteiger partial charge in [0.1, 0.15) is 5.70 Å². The topological polar surface area (TPSA) is 161 Å². The molecule has 11 nitrogen and oxygen atoms in total. The number of halogens is 1. The quantitative estimate of drug-likeness (QED) is 0.248. The molecule has 2 bridgehead atoms. The zero-order valence-electron chi connectivity index (χ0n) is 15.0. The van der Waals surface area contributed by atoms with Crippen molar-refractivity contribution in [3.63, 3.8) is 0 Å². The van der Waals surface area contributed by atoms with Crippen LogP contribution in [0.2, 0.25) is 0 Å². The van der Waals surface area contributed by atoms with E-state index in [2.05, 4.69) is 26.2 Å². The minimum atomic E-state index is -1.74. The molecule has 0 radical (unpaired) electrons. The van der Waals surface area contributed by atoms with E-state index < -0.39 is 45.4 Å². The number of hydrogen-bond donors (Lipinski definition) is 3. The number of nitrogens with one attached hydrogen (secondary N) is 1. The highest BCUT2D eigenvalue weighted by molar-refractivity contribution is 9.09. The molecule has 3 aliphatic rings. The Morgan fingerprint density at radius 3 is 2.86 bits per heavy atom. The van der Waals surface area contributed by atoms with Crippen LogP contribution in [-0.2, 0) is 36.8 Å². The minimum Gasteiger partial charge on any atom is -0.613 e. The molecule has 29 heavy (non-hydrogen) atoms. The summed E-state index contributed by atoms with van der Waals surface area (Å²) in [5.41, 5.74) is 4.37. The molecule has 0 aliphatic carbocycles. The van der Waals surface area contributed by atoms with Gasteiger partial charge < -0.3 is 20.7 Å². The largest absolute Gasteiger partial charge is 0.613 e. The number of aliphatic carboxylic acids is 1. The number of rotatable bonds is 7. The number of fused-ring (bicyclic) bond motifs is 1. The molecular weight excluding hydrogens is 490 g/mol. The smallest absolute Gasteiger partial charge is 0.352 e.